The van der Waals surface area contributed by atoms with Gasteiger partial charge < -0.3 is 20.8 Å². The van der Waals surface area contributed by atoms with Gasteiger partial charge >= 0.3 is 11.9 Å². The minimum atomic E-state index is -1.03. The van der Waals surface area contributed by atoms with Gasteiger partial charge in [-0.05, 0) is 131 Å². The third-order valence-corrected chi connectivity index (χ3v) is 13.0. The number of hydrogen-bond donors (Lipinski definition) is 4. The number of carboxylic acids is 2. The Kier molecular flexibility index (Phi) is 42.3. The SMILES string of the molecule is C=CCC/C=C1\C(CCC)CCC2C(C)CCC[C@@]12C.CC.CC.CC.CC(NC=O)C(=O)O.CCCCC(C)(C)C(C)CCC1CC(C)CC=C1C.O=CNCCC(=O)O. The molecule has 8 heteroatoms. The fourth-order valence-corrected chi connectivity index (χ4v) is 8.97. The van der Waals surface area contributed by atoms with Crippen LogP contribution in [0.25, 0.3) is 0 Å². The lowest BCUT2D eigenvalue weighted by atomic mass is 9.52. The van der Waals surface area contributed by atoms with E-state index in [2.05, 4.69) is 97.8 Å². The molecule has 3 aliphatic carbocycles. The van der Waals surface area contributed by atoms with Gasteiger partial charge in [-0.15, -0.1) is 6.58 Å². The van der Waals surface area contributed by atoms with Crippen molar-refractivity contribution in [2.24, 2.45) is 46.3 Å². The molecule has 7 unspecified atom stereocenters. The second kappa shape index (κ2) is 39.9. The van der Waals surface area contributed by atoms with E-state index in [-0.39, 0.29) is 13.0 Å². The van der Waals surface area contributed by atoms with E-state index in [9.17, 15) is 19.2 Å². The molecule has 0 radical (unpaired) electrons. The zero-order valence-corrected chi connectivity index (χ0v) is 42.9. The van der Waals surface area contributed by atoms with Crippen LogP contribution in [0.2, 0.25) is 0 Å². The van der Waals surface area contributed by atoms with Crippen LogP contribution in [-0.2, 0) is 19.2 Å². The van der Waals surface area contributed by atoms with Crippen LogP contribution in [0.4, 0.5) is 0 Å². The lowest BCUT2D eigenvalue weighted by Crippen LogP contribution is -2.43. The maximum Gasteiger partial charge on any atom is 0.325 e. The van der Waals surface area contributed by atoms with Gasteiger partial charge in [0.05, 0.1) is 6.42 Å². The first-order valence-electron chi connectivity index (χ1n) is 24.7. The monoisotopic (exact) mass is 863 g/mol. The fraction of sp³-hybridized carbons (Fsp3) is 0.811. The molecular formula is C53H102N2O6. The van der Waals surface area contributed by atoms with Gasteiger partial charge in [-0.25, -0.2) is 0 Å². The van der Waals surface area contributed by atoms with E-state index < -0.39 is 18.0 Å². The Bertz CT molecular complexity index is 1180. The molecule has 61 heavy (non-hydrogen) atoms. The van der Waals surface area contributed by atoms with Crippen LogP contribution in [0.1, 0.15) is 220 Å². The molecule has 0 aromatic rings. The minimum absolute atomic E-state index is 0.0151. The summed E-state index contributed by atoms with van der Waals surface area (Å²) in [5.41, 5.74) is 4.53. The van der Waals surface area contributed by atoms with Crippen LogP contribution >= 0.6 is 0 Å². The van der Waals surface area contributed by atoms with Gasteiger partial charge in [0.15, 0.2) is 0 Å². The van der Waals surface area contributed by atoms with E-state index in [0.717, 1.165) is 41.9 Å². The maximum atomic E-state index is 9.87. The van der Waals surface area contributed by atoms with Crippen LogP contribution in [0, 0.1) is 46.3 Å². The molecular weight excluding hydrogens is 761 g/mol. The first-order valence-corrected chi connectivity index (χ1v) is 24.7. The molecule has 0 aromatic carbocycles. The number of nitrogens with one attached hydrogen (secondary N) is 2. The van der Waals surface area contributed by atoms with Crippen molar-refractivity contribution in [3.63, 3.8) is 0 Å². The highest BCUT2D eigenvalue weighted by atomic mass is 16.4. The lowest BCUT2D eigenvalue weighted by molar-refractivity contribution is -0.140. The Hall–Kier alpha value is -2.90. The van der Waals surface area contributed by atoms with E-state index in [1.807, 2.05) is 47.1 Å². The zero-order chi connectivity index (χ0) is 48.0. The molecule has 360 valence electrons. The molecule has 4 N–H and O–H groups in total. The molecule has 8 atom stereocenters. The Morgan fingerprint density at radius 1 is 0.934 bits per heavy atom. The predicted octanol–water partition coefficient (Wildman–Crippen LogP) is 14.6. The average molecular weight is 863 g/mol. The molecule has 0 aliphatic heterocycles. The number of carbonyl (C=O) groups is 4. The third-order valence-electron chi connectivity index (χ3n) is 13.0. The highest BCUT2D eigenvalue weighted by molar-refractivity contribution is 5.75. The van der Waals surface area contributed by atoms with Gasteiger partial charge in [0.25, 0.3) is 0 Å². The second-order valence-corrected chi connectivity index (χ2v) is 17.8. The summed E-state index contributed by atoms with van der Waals surface area (Å²) < 4.78 is 0. The van der Waals surface area contributed by atoms with Crippen molar-refractivity contribution in [2.45, 2.75) is 226 Å². The Morgan fingerprint density at radius 2 is 1.56 bits per heavy atom. The number of carbonyl (C=O) groups excluding carboxylic acids is 2. The van der Waals surface area contributed by atoms with E-state index in [0.29, 0.717) is 23.7 Å². The molecule has 8 nitrogen and oxygen atoms in total. The number of carboxylic acid groups (broad SMARTS) is 2. The molecule has 2 saturated carbocycles. The molecule has 2 fully saturated rings. The van der Waals surface area contributed by atoms with Crippen LogP contribution in [-0.4, -0.2) is 47.6 Å². The summed E-state index contributed by atoms with van der Waals surface area (Å²) in [4.78, 5) is 38.6. The standard InChI is InChI=1S/C20H34.C19H36.2C4H7NO3.3C2H6/c1-5-7-8-12-19-17(10-6-2)13-14-18-16(3)11-9-15-20(18,19)4;1-7-8-13-19(5,6)17(4)11-12-18-14-15(2)9-10-16(18)3;1-3(4(7)8)5-2-6;6-3-5-2-1-4(7)8;3*1-2/h5,12,16-18H,1,6-11,13-15H2,2-4H3;10,15,17-18H,7-9,11-14H2,1-6H3;2-3H,1H3,(H,5,6)(H,7,8);3H,1-2H2,(H,5,6)(H,7,8);3*1-2H3/b19-12+;;;;;;/t16?,17?,18?,20-;;;;;;/m1....../s1. The Morgan fingerprint density at radius 3 is 2.05 bits per heavy atom. The Labute approximate surface area is 378 Å². The lowest BCUT2D eigenvalue weighted by Gasteiger charge is -2.53. The molecule has 0 aromatic heterocycles. The number of amides is 2. The number of rotatable bonds is 19. The number of aliphatic carboxylic acids is 2. The zero-order valence-electron chi connectivity index (χ0n) is 42.9. The average Bonchev–Trinajstić information content (AvgIpc) is 3.24. The largest absolute Gasteiger partial charge is 0.481 e. The van der Waals surface area contributed by atoms with Crippen molar-refractivity contribution in [3.05, 3.63) is 36.0 Å². The van der Waals surface area contributed by atoms with E-state index in [4.69, 9.17) is 10.2 Å². The normalized spacial score (nSPS) is 24.0. The summed E-state index contributed by atoms with van der Waals surface area (Å²) >= 11 is 0. The first kappa shape index (κ1) is 64.7. The molecule has 3 rings (SSSR count). The predicted molar refractivity (Wildman–Crippen MR) is 264 cm³/mol. The van der Waals surface area contributed by atoms with Crippen LogP contribution < -0.4 is 10.6 Å². The van der Waals surface area contributed by atoms with Crippen LogP contribution in [0.15, 0.2) is 36.0 Å². The number of hydrogen-bond acceptors (Lipinski definition) is 4. The summed E-state index contributed by atoms with van der Waals surface area (Å²) in [6.45, 7) is 39.4. The van der Waals surface area contributed by atoms with Gasteiger partial charge in [0.2, 0.25) is 12.8 Å². The smallest absolute Gasteiger partial charge is 0.325 e. The highest BCUT2D eigenvalue weighted by Crippen LogP contribution is 2.57. The van der Waals surface area contributed by atoms with Crippen molar-refractivity contribution in [1.29, 1.82) is 0 Å². The van der Waals surface area contributed by atoms with Gasteiger partial charge in [-0.3, -0.25) is 19.2 Å². The number of allylic oxidation sites excluding steroid dienone is 5. The fourth-order valence-electron chi connectivity index (χ4n) is 8.97. The van der Waals surface area contributed by atoms with Crippen molar-refractivity contribution in [2.75, 3.05) is 6.54 Å². The topological polar surface area (TPSA) is 133 Å². The summed E-state index contributed by atoms with van der Waals surface area (Å²) in [5.74, 6) is 3.43. The van der Waals surface area contributed by atoms with Crippen molar-refractivity contribution < 1.29 is 29.4 Å². The summed E-state index contributed by atoms with van der Waals surface area (Å²) in [5, 5.41) is 20.4. The number of fused-ring (bicyclic) bond motifs is 1. The van der Waals surface area contributed by atoms with E-state index >= 15 is 0 Å². The molecule has 0 spiro atoms. The summed E-state index contributed by atoms with van der Waals surface area (Å²) in [7, 11) is 0. The quantitative estimate of drug-likeness (QED) is 0.0581. The summed E-state index contributed by atoms with van der Waals surface area (Å²) in [6, 6.07) is -0.785. The van der Waals surface area contributed by atoms with Gasteiger partial charge in [0, 0.05) is 6.54 Å². The van der Waals surface area contributed by atoms with Crippen LogP contribution in [0.5, 0.6) is 0 Å². The van der Waals surface area contributed by atoms with Gasteiger partial charge in [-0.2, -0.15) is 0 Å². The number of unbranched alkanes of at least 4 members (excludes halogenated alkanes) is 2. The molecule has 0 saturated heterocycles. The molecule has 0 heterocycles. The third kappa shape index (κ3) is 28.4. The molecule has 3 aliphatic rings. The van der Waals surface area contributed by atoms with E-state index in [1.54, 1.807) is 5.57 Å². The second-order valence-electron chi connectivity index (χ2n) is 17.8. The minimum Gasteiger partial charge on any atom is -0.481 e. The Balaban J connectivity index is -0.000000365. The first-order chi connectivity index (χ1) is 28.9. The van der Waals surface area contributed by atoms with E-state index in [1.165, 1.54) is 103 Å². The van der Waals surface area contributed by atoms with Gasteiger partial charge in [-0.1, -0.05) is 158 Å². The van der Waals surface area contributed by atoms with Crippen molar-refractivity contribution >= 4 is 24.8 Å². The maximum absolute atomic E-state index is 9.87. The highest BCUT2D eigenvalue weighted by Gasteiger charge is 2.47. The molecule has 0 bridgehead atoms. The van der Waals surface area contributed by atoms with Crippen molar-refractivity contribution in [3.8, 4) is 0 Å². The van der Waals surface area contributed by atoms with Crippen LogP contribution in [0.3, 0.4) is 0 Å². The van der Waals surface area contributed by atoms with Gasteiger partial charge in [0.1, 0.15) is 6.04 Å². The van der Waals surface area contributed by atoms with Crippen molar-refractivity contribution in [1.82, 2.24) is 10.6 Å². The molecule has 2 amide bonds. The summed E-state index contributed by atoms with van der Waals surface area (Å²) in [6.07, 6.45) is 30.0.